The zero-order valence-electron chi connectivity index (χ0n) is 14.0. The van der Waals surface area contributed by atoms with E-state index in [0.717, 1.165) is 25.1 Å². The molecular weight excluding hydrogens is 272 g/mol. The summed E-state index contributed by atoms with van der Waals surface area (Å²) in [5, 5.41) is 0. The summed E-state index contributed by atoms with van der Waals surface area (Å²) in [6.45, 7) is 9.52. The minimum absolute atomic E-state index is 0.0889. The Morgan fingerprint density at radius 2 is 2.14 bits per heavy atom. The van der Waals surface area contributed by atoms with Gasteiger partial charge in [-0.1, -0.05) is 31.6 Å². The molecule has 22 heavy (non-hydrogen) atoms. The maximum absolute atomic E-state index is 13.1. The van der Waals surface area contributed by atoms with Gasteiger partial charge in [-0.2, -0.15) is 0 Å². The maximum Gasteiger partial charge on any atom is 0.227 e. The molecule has 0 aromatic carbocycles. The summed E-state index contributed by atoms with van der Waals surface area (Å²) >= 11 is 0. The molecule has 3 heteroatoms. The first-order chi connectivity index (χ1) is 10.4. The number of rotatable bonds is 3. The third-order valence-electron chi connectivity index (χ3n) is 5.25. The molecule has 0 bridgehead atoms. The van der Waals surface area contributed by atoms with Gasteiger partial charge >= 0.3 is 0 Å². The standard InChI is InChI=1S/C19H26N2O/c1-13(2)12-14-17(19(14,3)4)18(22)21-11-7-9-16(21)15-8-5-6-10-20-15/h5-6,8,10,12,14,16-17H,7,9,11H2,1-4H3/t14-,16-,17+/m1/s1. The van der Waals surface area contributed by atoms with E-state index in [1.54, 1.807) is 0 Å². The highest BCUT2D eigenvalue weighted by molar-refractivity contribution is 5.84. The molecule has 1 aromatic rings. The number of hydrogen-bond acceptors (Lipinski definition) is 2. The molecule has 3 rings (SSSR count). The maximum atomic E-state index is 13.1. The lowest BCUT2D eigenvalue weighted by atomic mass is 10.1. The van der Waals surface area contributed by atoms with Gasteiger partial charge in [0, 0.05) is 12.7 Å². The Labute approximate surface area is 133 Å². The molecule has 0 radical (unpaired) electrons. The zero-order valence-corrected chi connectivity index (χ0v) is 14.0. The topological polar surface area (TPSA) is 33.2 Å². The number of hydrogen-bond donors (Lipinski definition) is 0. The average molecular weight is 298 g/mol. The molecule has 118 valence electrons. The summed E-state index contributed by atoms with van der Waals surface area (Å²) in [7, 11) is 0. The Morgan fingerprint density at radius 1 is 1.36 bits per heavy atom. The molecule has 1 aromatic heterocycles. The summed E-state index contributed by atoms with van der Waals surface area (Å²) < 4.78 is 0. The van der Waals surface area contributed by atoms with Crippen LogP contribution in [0, 0.1) is 17.3 Å². The van der Waals surface area contributed by atoms with Crippen molar-refractivity contribution >= 4 is 5.91 Å². The minimum atomic E-state index is 0.0889. The molecule has 1 saturated heterocycles. The van der Waals surface area contributed by atoms with Gasteiger partial charge in [-0.25, -0.2) is 0 Å². The van der Waals surface area contributed by atoms with Crippen molar-refractivity contribution in [3.8, 4) is 0 Å². The monoisotopic (exact) mass is 298 g/mol. The highest BCUT2D eigenvalue weighted by Gasteiger charge is 2.61. The lowest BCUT2D eigenvalue weighted by molar-refractivity contribution is -0.134. The van der Waals surface area contributed by atoms with Gasteiger partial charge in [0.25, 0.3) is 0 Å². The van der Waals surface area contributed by atoms with Gasteiger partial charge in [-0.3, -0.25) is 9.78 Å². The molecule has 2 aliphatic rings. The smallest absolute Gasteiger partial charge is 0.227 e. The van der Waals surface area contributed by atoms with Crippen molar-refractivity contribution in [3.05, 3.63) is 41.7 Å². The highest BCUT2D eigenvalue weighted by Crippen LogP contribution is 2.60. The van der Waals surface area contributed by atoms with E-state index in [0.29, 0.717) is 11.8 Å². The summed E-state index contributed by atoms with van der Waals surface area (Å²) in [6, 6.07) is 6.15. The van der Waals surface area contributed by atoms with Crippen LogP contribution in [0.3, 0.4) is 0 Å². The van der Waals surface area contributed by atoms with Crippen LogP contribution < -0.4 is 0 Å². The van der Waals surface area contributed by atoms with Crippen molar-refractivity contribution in [1.29, 1.82) is 0 Å². The Morgan fingerprint density at radius 3 is 2.77 bits per heavy atom. The van der Waals surface area contributed by atoms with Crippen molar-refractivity contribution < 1.29 is 4.79 Å². The van der Waals surface area contributed by atoms with Gasteiger partial charge in [0.05, 0.1) is 17.7 Å². The van der Waals surface area contributed by atoms with E-state index < -0.39 is 0 Å². The second kappa shape index (κ2) is 5.53. The highest BCUT2D eigenvalue weighted by atomic mass is 16.2. The number of likely N-dealkylation sites (tertiary alicyclic amines) is 1. The number of nitrogens with zero attached hydrogens (tertiary/aromatic N) is 2. The van der Waals surface area contributed by atoms with Crippen LogP contribution in [-0.2, 0) is 4.79 Å². The first kappa shape index (κ1) is 15.3. The quantitative estimate of drug-likeness (QED) is 0.791. The zero-order chi connectivity index (χ0) is 15.9. The van der Waals surface area contributed by atoms with Gasteiger partial charge in [-0.15, -0.1) is 0 Å². The van der Waals surface area contributed by atoms with Gasteiger partial charge in [0.2, 0.25) is 5.91 Å². The van der Waals surface area contributed by atoms with Crippen molar-refractivity contribution in [2.45, 2.75) is 46.6 Å². The van der Waals surface area contributed by atoms with Gasteiger partial charge < -0.3 is 4.90 Å². The fourth-order valence-corrected chi connectivity index (χ4v) is 3.91. The fraction of sp³-hybridized carbons (Fsp3) is 0.579. The van der Waals surface area contributed by atoms with Crippen LogP contribution in [0.15, 0.2) is 36.0 Å². The van der Waals surface area contributed by atoms with E-state index >= 15 is 0 Å². The largest absolute Gasteiger partial charge is 0.334 e. The molecule has 2 fully saturated rings. The third-order valence-corrected chi connectivity index (χ3v) is 5.25. The second-order valence-electron chi connectivity index (χ2n) is 7.51. The van der Waals surface area contributed by atoms with Crippen LogP contribution >= 0.6 is 0 Å². The summed E-state index contributed by atoms with van der Waals surface area (Å²) in [5.74, 6) is 0.836. The minimum Gasteiger partial charge on any atom is -0.334 e. The molecule has 3 atom stereocenters. The molecule has 0 unspecified atom stereocenters. The number of aromatic nitrogens is 1. The van der Waals surface area contributed by atoms with Crippen LogP contribution in [0.25, 0.3) is 0 Å². The van der Waals surface area contributed by atoms with Crippen LogP contribution in [0.2, 0.25) is 0 Å². The van der Waals surface area contributed by atoms with Crippen LogP contribution in [0.1, 0.15) is 52.3 Å². The normalized spacial score (nSPS) is 29.3. The molecular formula is C19H26N2O. The lowest BCUT2D eigenvalue weighted by Crippen LogP contribution is -2.33. The molecule has 2 heterocycles. The van der Waals surface area contributed by atoms with Gasteiger partial charge in [0.1, 0.15) is 0 Å². The molecule has 1 aliphatic carbocycles. The molecule has 0 N–H and O–H groups in total. The number of amides is 1. The van der Waals surface area contributed by atoms with E-state index in [4.69, 9.17) is 0 Å². The Bertz CT molecular complexity index is 587. The second-order valence-corrected chi connectivity index (χ2v) is 7.51. The summed E-state index contributed by atoms with van der Waals surface area (Å²) in [6.07, 6.45) is 6.20. The number of allylic oxidation sites excluding steroid dienone is 2. The van der Waals surface area contributed by atoms with E-state index in [2.05, 4.69) is 43.7 Å². The summed E-state index contributed by atoms with van der Waals surface area (Å²) in [4.78, 5) is 19.6. The molecule has 3 nitrogen and oxygen atoms in total. The lowest BCUT2D eigenvalue weighted by Gasteiger charge is -2.25. The molecule has 0 spiro atoms. The molecule has 1 aliphatic heterocycles. The van der Waals surface area contributed by atoms with E-state index in [-0.39, 0.29) is 17.4 Å². The fourth-order valence-electron chi connectivity index (χ4n) is 3.91. The van der Waals surface area contributed by atoms with Crippen molar-refractivity contribution in [2.24, 2.45) is 17.3 Å². The Hall–Kier alpha value is -1.64. The van der Waals surface area contributed by atoms with Gasteiger partial charge in [0.15, 0.2) is 0 Å². The van der Waals surface area contributed by atoms with Gasteiger partial charge in [-0.05, 0) is 50.2 Å². The predicted molar refractivity (Wildman–Crippen MR) is 88.1 cm³/mol. The van der Waals surface area contributed by atoms with Crippen LogP contribution in [0.4, 0.5) is 0 Å². The molecule has 1 amide bonds. The van der Waals surface area contributed by atoms with E-state index in [9.17, 15) is 4.79 Å². The van der Waals surface area contributed by atoms with Crippen molar-refractivity contribution in [1.82, 2.24) is 9.88 Å². The van der Waals surface area contributed by atoms with E-state index in [1.807, 2.05) is 24.4 Å². The predicted octanol–water partition coefficient (Wildman–Crippen LogP) is 3.98. The first-order valence-electron chi connectivity index (χ1n) is 8.29. The number of carbonyl (C=O) groups excluding carboxylic acids is 1. The van der Waals surface area contributed by atoms with Crippen LogP contribution in [-0.4, -0.2) is 22.3 Å². The van der Waals surface area contributed by atoms with Crippen molar-refractivity contribution in [3.63, 3.8) is 0 Å². The molecule has 1 saturated carbocycles. The number of carbonyl (C=O) groups is 1. The average Bonchev–Trinajstić information content (AvgIpc) is 2.86. The van der Waals surface area contributed by atoms with Crippen molar-refractivity contribution in [2.75, 3.05) is 6.54 Å². The summed E-state index contributed by atoms with van der Waals surface area (Å²) in [5.41, 5.74) is 2.42. The Balaban J connectivity index is 1.79. The number of pyridine rings is 1. The van der Waals surface area contributed by atoms with E-state index in [1.165, 1.54) is 5.57 Å². The first-order valence-corrected chi connectivity index (χ1v) is 8.29. The Kier molecular flexibility index (Phi) is 3.84. The SMILES string of the molecule is CC(C)=C[C@@H]1[C@@H](C(=O)N2CCC[C@@H]2c2ccccn2)C1(C)C. The third kappa shape index (κ3) is 2.57. The van der Waals surface area contributed by atoms with Crippen LogP contribution in [0.5, 0.6) is 0 Å².